The lowest BCUT2D eigenvalue weighted by Gasteiger charge is -2.05. The maximum Gasteiger partial charge on any atom is 0.121 e. The van der Waals surface area contributed by atoms with Crippen LogP contribution in [0.3, 0.4) is 0 Å². The third kappa shape index (κ3) is 2.00. The molecule has 0 atom stereocenters. The highest BCUT2D eigenvalue weighted by Gasteiger charge is 2.07. The normalized spacial score (nSPS) is 10.4. The Kier molecular flexibility index (Phi) is 3.07. The van der Waals surface area contributed by atoms with Crippen LogP contribution in [0.2, 0.25) is 5.02 Å². The van der Waals surface area contributed by atoms with E-state index in [2.05, 4.69) is 10.3 Å². The molecule has 0 aliphatic carbocycles. The molecule has 0 fully saturated rings. The molecule has 0 saturated carbocycles. The van der Waals surface area contributed by atoms with E-state index in [1.165, 1.54) is 4.68 Å². The first kappa shape index (κ1) is 10.9. The number of methoxy groups -OCH3 is 1. The lowest BCUT2D eigenvalue weighted by atomic mass is 10.3. The lowest BCUT2D eigenvalue weighted by molar-refractivity contribution is 0.276. The van der Waals surface area contributed by atoms with Gasteiger partial charge < -0.3 is 9.84 Å². The Morgan fingerprint density at radius 1 is 1.50 bits per heavy atom. The van der Waals surface area contributed by atoms with Crippen molar-refractivity contribution < 1.29 is 9.84 Å². The van der Waals surface area contributed by atoms with Gasteiger partial charge in [0, 0.05) is 6.07 Å². The Morgan fingerprint density at radius 2 is 2.31 bits per heavy atom. The fraction of sp³-hybridized carbons (Fsp3) is 0.200. The number of halogens is 1. The molecule has 1 N–H and O–H groups in total. The van der Waals surface area contributed by atoms with Crippen molar-refractivity contribution in [3.8, 4) is 11.4 Å². The van der Waals surface area contributed by atoms with E-state index in [1.807, 2.05) is 0 Å². The van der Waals surface area contributed by atoms with E-state index < -0.39 is 0 Å². The molecule has 0 radical (unpaired) electrons. The number of benzene rings is 1. The number of aliphatic hydroxyl groups excluding tert-OH is 1. The molecule has 0 aliphatic heterocycles. The molecule has 0 amide bonds. The Labute approximate surface area is 97.2 Å². The molecule has 0 saturated heterocycles. The van der Waals surface area contributed by atoms with E-state index in [9.17, 15) is 0 Å². The zero-order valence-electron chi connectivity index (χ0n) is 8.59. The van der Waals surface area contributed by atoms with Gasteiger partial charge in [-0.15, -0.1) is 5.10 Å². The summed E-state index contributed by atoms with van der Waals surface area (Å²) in [5.74, 6) is 0.681. The number of hydrogen-bond acceptors (Lipinski definition) is 4. The fourth-order valence-corrected chi connectivity index (χ4v) is 1.49. The van der Waals surface area contributed by atoms with Crippen LogP contribution in [0.1, 0.15) is 5.69 Å². The summed E-state index contributed by atoms with van der Waals surface area (Å²) in [5, 5.41) is 17.1. The van der Waals surface area contributed by atoms with Crippen LogP contribution in [0.25, 0.3) is 5.69 Å². The van der Waals surface area contributed by atoms with E-state index >= 15 is 0 Å². The lowest BCUT2D eigenvalue weighted by Crippen LogP contribution is -1.96. The van der Waals surface area contributed by atoms with Crippen LogP contribution in [-0.4, -0.2) is 27.2 Å². The molecule has 0 bridgehead atoms. The predicted octanol–water partition coefficient (Wildman–Crippen LogP) is 1.42. The molecule has 1 heterocycles. The zero-order valence-corrected chi connectivity index (χ0v) is 9.35. The molecule has 2 rings (SSSR count). The number of aliphatic hydroxyl groups is 1. The second-order valence-corrected chi connectivity index (χ2v) is 3.54. The highest BCUT2D eigenvalue weighted by atomic mass is 35.5. The van der Waals surface area contributed by atoms with Crippen LogP contribution in [0, 0.1) is 0 Å². The fourth-order valence-electron chi connectivity index (χ4n) is 1.28. The van der Waals surface area contributed by atoms with Gasteiger partial charge in [-0.3, -0.25) is 0 Å². The van der Waals surface area contributed by atoms with Crippen LogP contribution >= 0.6 is 11.6 Å². The molecular formula is C10H10ClN3O2. The molecule has 0 unspecified atom stereocenters. The van der Waals surface area contributed by atoms with Crippen molar-refractivity contribution in [3.63, 3.8) is 0 Å². The molecule has 0 aliphatic rings. The summed E-state index contributed by atoms with van der Waals surface area (Å²) in [6.07, 6.45) is 1.61. The van der Waals surface area contributed by atoms with E-state index in [4.69, 9.17) is 21.4 Å². The van der Waals surface area contributed by atoms with Gasteiger partial charge in [-0.2, -0.15) is 0 Å². The zero-order chi connectivity index (χ0) is 11.5. The summed E-state index contributed by atoms with van der Waals surface area (Å²) < 4.78 is 6.59. The average Bonchev–Trinajstić information content (AvgIpc) is 2.78. The smallest absolute Gasteiger partial charge is 0.121 e. The maximum atomic E-state index is 8.89. The van der Waals surface area contributed by atoms with Crippen LogP contribution < -0.4 is 4.74 Å². The number of aromatic nitrogens is 3. The van der Waals surface area contributed by atoms with Gasteiger partial charge in [0.1, 0.15) is 11.4 Å². The van der Waals surface area contributed by atoms with Gasteiger partial charge in [0.2, 0.25) is 0 Å². The molecule has 2 aromatic rings. The number of ether oxygens (including phenoxy) is 1. The van der Waals surface area contributed by atoms with Gasteiger partial charge in [0.25, 0.3) is 0 Å². The summed E-state index contributed by atoms with van der Waals surface area (Å²) in [6, 6.07) is 5.23. The van der Waals surface area contributed by atoms with Crippen molar-refractivity contribution in [1.82, 2.24) is 15.0 Å². The SMILES string of the molecule is COc1ccc(Cl)c(-n2cc(CO)nn2)c1. The summed E-state index contributed by atoms with van der Waals surface area (Å²) in [6.45, 7) is -0.151. The molecule has 0 spiro atoms. The van der Waals surface area contributed by atoms with E-state index in [-0.39, 0.29) is 6.61 Å². The Balaban J connectivity index is 2.45. The molecule has 16 heavy (non-hydrogen) atoms. The Bertz CT molecular complexity index is 499. The number of hydrogen-bond donors (Lipinski definition) is 1. The third-order valence-corrected chi connectivity index (χ3v) is 2.42. The maximum absolute atomic E-state index is 8.89. The van der Waals surface area contributed by atoms with Crippen molar-refractivity contribution >= 4 is 11.6 Å². The molecule has 84 valence electrons. The van der Waals surface area contributed by atoms with Crippen molar-refractivity contribution in [2.24, 2.45) is 0 Å². The number of nitrogens with zero attached hydrogens (tertiary/aromatic N) is 3. The third-order valence-electron chi connectivity index (χ3n) is 2.10. The van der Waals surface area contributed by atoms with Gasteiger partial charge in [0.05, 0.1) is 30.6 Å². The molecule has 1 aromatic heterocycles. The van der Waals surface area contributed by atoms with Crippen LogP contribution in [0.15, 0.2) is 24.4 Å². The molecular weight excluding hydrogens is 230 g/mol. The van der Waals surface area contributed by atoms with Crippen LogP contribution in [-0.2, 0) is 6.61 Å². The van der Waals surface area contributed by atoms with Gasteiger partial charge in [-0.1, -0.05) is 16.8 Å². The van der Waals surface area contributed by atoms with E-state index in [0.717, 1.165) is 0 Å². The van der Waals surface area contributed by atoms with Gasteiger partial charge in [-0.05, 0) is 12.1 Å². The van der Waals surface area contributed by atoms with Gasteiger partial charge in [-0.25, -0.2) is 4.68 Å². The van der Waals surface area contributed by atoms with Crippen molar-refractivity contribution in [1.29, 1.82) is 0 Å². The highest BCUT2D eigenvalue weighted by molar-refractivity contribution is 6.32. The quantitative estimate of drug-likeness (QED) is 0.880. The predicted molar refractivity (Wildman–Crippen MR) is 58.8 cm³/mol. The van der Waals surface area contributed by atoms with Crippen molar-refractivity contribution in [3.05, 3.63) is 35.1 Å². The Morgan fingerprint density at radius 3 is 2.94 bits per heavy atom. The topological polar surface area (TPSA) is 60.2 Å². The second kappa shape index (κ2) is 4.51. The first-order valence-electron chi connectivity index (χ1n) is 4.60. The summed E-state index contributed by atoms with van der Waals surface area (Å²) >= 11 is 6.03. The Hall–Kier alpha value is -1.59. The highest BCUT2D eigenvalue weighted by Crippen LogP contribution is 2.24. The minimum Gasteiger partial charge on any atom is -0.497 e. The summed E-state index contributed by atoms with van der Waals surface area (Å²) in [4.78, 5) is 0. The molecule has 1 aromatic carbocycles. The van der Waals surface area contributed by atoms with Gasteiger partial charge >= 0.3 is 0 Å². The minimum atomic E-state index is -0.151. The first-order valence-corrected chi connectivity index (χ1v) is 4.98. The second-order valence-electron chi connectivity index (χ2n) is 3.13. The van der Waals surface area contributed by atoms with Crippen LogP contribution in [0.5, 0.6) is 5.75 Å². The standard InChI is InChI=1S/C10H10ClN3O2/c1-16-8-2-3-9(11)10(4-8)14-5-7(6-15)12-13-14/h2-5,15H,6H2,1H3. The van der Waals surface area contributed by atoms with E-state index in [0.29, 0.717) is 22.2 Å². The minimum absolute atomic E-state index is 0.151. The first-order chi connectivity index (χ1) is 7.74. The molecule has 6 heteroatoms. The van der Waals surface area contributed by atoms with Gasteiger partial charge in [0.15, 0.2) is 0 Å². The van der Waals surface area contributed by atoms with Crippen molar-refractivity contribution in [2.45, 2.75) is 6.61 Å². The monoisotopic (exact) mass is 239 g/mol. The summed E-state index contributed by atoms with van der Waals surface area (Å²) in [7, 11) is 1.58. The summed E-state index contributed by atoms with van der Waals surface area (Å²) in [5.41, 5.74) is 1.15. The average molecular weight is 240 g/mol. The number of rotatable bonds is 3. The van der Waals surface area contributed by atoms with Crippen molar-refractivity contribution in [2.75, 3.05) is 7.11 Å². The largest absolute Gasteiger partial charge is 0.497 e. The van der Waals surface area contributed by atoms with Crippen LogP contribution in [0.4, 0.5) is 0 Å². The molecule has 5 nitrogen and oxygen atoms in total. The van der Waals surface area contributed by atoms with E-state index in [1.54, 1.807) is 31.5 Å².